The number of aliphatic hydroxyl groups is 6. The number of carbonyl (C=O) groups is 1. The van der Waals surface area contributed by atoms with E-state index in [1.807, 2.05) is 0 Å². The summed E-state index contributed by atoms with van der Waals surface area (Å²) in [5.41, 5.74) is 0. The molecule has 10 heteroatoms. The number of hydrogen-bond acceptors (Lipinski definition) is 9. The summed E-state index contributed by atoms with van der Waals surface area (Å²) >= 11 is 0. The number of unbranched alkanes of at least 4 members (excludes halogenated alkanes) is 37. The van der Waals surface area contributed by atoms with Crippen molar-refractivity contribution in [3.05, 3.63) is 0 Å². The van der Waals surface area contributed by atoms with Gasteiger partial charge in [-0.05, 0) is 12.8 Å². The van der Waals surface area contributed by atoms with Crippen molar-refractivity contribution in [3.8, 4) is 0 Å². The second-order valence-electron chi connectivity index (χ2n) is 19.9. The molecular weight excluding hydrogens is 807 g/mol. The number of carbonyl (C=O) groups excluding carboxylic acids is 1. The van der Waals surface area contributed by atoms with Gasteiger partial charge in [0.2, 0.25) is 5.91 Å². The SMILES string of the molecule is CCCCCCCCCCCCCCCCCCCCCCCCCCC(O)C(=O)NC(COC1OC(CO)C(O)C(O)C1O)C(O)CCCCCCCCCCCCCCCCC. The Balaban J connectivity index is 2.23. The third-order valence-corrected chi connectivity index (χ3v) is 13.8. The zero-order valence-corrected chi connectivity index (χ0v) is 41.9. The monoisotopic (exact) mass is 914 g/mol. The molecule has 1 fully saturated rings. The molecule has 0 aliphatic carbocycles. The molecule has 0 aromatic rings. The van der Waals surface area contributed by atoms with Gasteiger partial charge in [0.25, 0.3) is 0 Å². The number of nitrogens with one attached hydrogen (secondary N) is 1. The molecule has 8 unspecified atom stereocenters. The molecule has 1 aliphatic rings. The molecule has 64 heavy (non-hydrogen) atoms. The van der Waals surface area contributed by atoms with Crippen LogP contribution in [0.4, 0.5) is 0 Å². The maximum absolute atomic E-state index is 13.1. The maximum atomic E-state index is 13.1. The van der Waals surface area contributed by atoms with Gasteiger partial charge in [-0.25, -0.2) is 0 Å². The molecule has 0 aromatic heterocycles. The second-order valence-corrected chi connectivity index (χ2v) is 19.9. The Morgan fingerprint density at radius 2 is 0.781 bits per heavy atom. The molecule has 8 atom stereocenters. The average Bonchev–Trinajstić information content (AvgIpc) is 3.29. The van der Waals surface area contributed by atoms with Gasteiger partial charge in [-0.3, -0.25) is 4.79 Å². The molecule has 1 aliphatic heterocycles. The predicted molar refractivity (Wildman–Crippen MR) is 264 cm³/mol. The lowest BCUT2D eigenvalue weighted by atomic mass is 9.99. The molecule has 0 bridgehead atoms. The molecule has 1 heterocycles. The van der Waals surface area contributed by atoms with Crippen molar-refractivity contribution in [2.24, 2.45) is 0 Å². The summed E-state index contributed by atoms with van der Waals surface area (Å²) in [6.45, 7) is 3.71. The van der Waals surface area contributed by atoms with Crippen LogP contribution in [0.5, 0.6) is 0 Å². The molecule has 1 rings (SSSR count). The van der Waals surface area contributed by atoms with Crippen molar-refractivity contribution >= 4 is 5.91 Å². The fourth-order valence-electron chi connectivity index (χ4n) is 9.29. The van der Waals surface area contributed by atoms with Gasteiger partial charge in [0.15, 0.2) is 6.29 Å². The summed E-state index contributed by atoms with van der Waals surface area (Å²) < 4.78 is 11.2. The van der Waals surface area contributed by atoms with E-state index < -0.39 is 61.5 Å². The van der Waals surface area contributed by atoms with Crippen LogP contribution in [-0.2, 0) is 14.3 Å². The van der Waals surface area contributed by atoms with E-state index in [1.165, 1.54) is 212 Å². The van der Waals surface area contributed by atoms with E-state index in [0.29, 0.717) is 12.8 Å². The lowest BCUT2D eigenvalue weighted by Gasteiger charge is -2.40. The first-order valence-corrected chi connectivity index (χ1v) is 27.8. The fourth-order valence-corrected chi connectivity index (χ4v) is 9.29. The van der Waals surface area contributed by atoms with Crippen LogP contribution < -0.4 is 5.32 Å². The van der Waals surface area contributed by atoms with Crippen LogP contribution in [0.3, 0.4) is 0 Å². The van der Waals surface area contributed by atoms with Crippen LogP contribution in [0.2, 0.25) is 0 Å². The van der Waals surface area contributed by atoms with Crippen LogP contribution in [0.1, 0.15) is 277 Å². The Bertz CT molecular complexity index is 988. The summed E-state index contributed by atoms with van der Waals surface area (Å²) in [5.74, 6) is -0.577. The average molecular weight is 914 g/mol. The van der Waals surface area contributed by atoms with Crippen LogP contribution in [0.25, 0.3) is 0 Å². The number of rotatable bonds is 48. The molecule has 1 amide bonds. The molecular formula is C54H107NO9. The Kier molecular flexibility index (Phi) is 42.7. The molecule has 0 saturated carbocycles. The van der Waals surface area contributed by atoms with E-state index in [-0.39, 0.29) is 6.61 Å². The smallest absolute Gasteiger partial charge is 0.249 e. The lowest BCUT2D eigenvalue weighted by molar-refractivity contribution is -0.302. The highest BCUT2D eigenvalue weighted by Gasteiger charge is 2.44. The van der Waals surface area contributed by atoms with Crippen molar-refractivity contribution in [1.29, 1.82) is 0 Å². The minimum Gasteiger partial charge on any atom is -0.394 e. The van der Waals surface area contributed by atoms with Gasteiger partial charge in [0.05, 0.1) is 25.4 Å². The van der Waals surface area contributed by atoms with Crippen molar-refractivity contribution < 1.29 is 44.9 Å². The molecule has 0 aromatic carbocycles. The third kappa shape index (κ3) is 33.6. The van der Waals surface area contributed by atoms with Crippen LogP contribution >= 0.6 is 0 Å². The summed E-state index contributed by atoms with van der Waals surface area (Å²) in [4.78, 5) is 13.1. The van der Waals surface area contributed by atoms with Gasteiger partial charge in [0, 0.05) is 0 Å². The molecule has 10 nitrogen and oxygen atoms in total. The van der Waals surface area contributed by atoms with E-state index in [2.05, 4.69) is 19.2 Å². The minimum atomic E-state index is -1.59. The Morgan fingerprint density at radius 3 is 1.11 bits per heavy atom. The summed E-state index contributed by atoms with van der Waals surface area (Å²) in [6, 6.07) is -0.889. The van der Waals surface area contributed by atoms with Crippen LogP contribution in [-0.4, -0.2) is 98.7 Å². The summed E-state index contributed by atoms with van der Waals surface area (Å²) in [6.07, 6.45) is 41.6. The molecule has 382 valence electrons. The molecule has 1 saturated heterocycles. The number of hydrogen-bond donors (Lipinski definition) is 7. The van der Waals surface area contributed by atoms with Gasteiger partial charge < -0.3 is 45.4 Å². The predicted octanol–water partition coefficient (Wildman–Crippen LogP) is 12.0. The van der Waals surface area contributed by atoms with Gasteiger partial charge >= 0.3 is 0 Å². The van der Waals surface area contributed by atoms with E-state index in [1.54, 1.807) is 0 Å². The van der Waals surface area contributed by atoms with Crippen LogP contribution in [0, 0.1) is 0 Å². The second kappa shape index (κ2) is 44.6. The van der Waals surface area contributed by atoms with Crippen molar-refractivity contribution in [3.63, 3.8) is 0 Å². The highest BCUT2D eigenvalue weighted by Crippen LogP contribution is 2.23. The third-order valence-electron chi connectivity index (χ3n) is 13.8. The highest BCUT2D eigenvalue weighted by atomic mass is 16.7. The summed E-state index contributed by atoms with van der Waals surface area (Å²) in [5, 5.41) is 65.1. The highest BCUT2D eigenvalue weighted by molar-refractivity contribution is 5.80. The lowest BCUT2D eigenvalue weighted by Crippen LogP contribution is -2.60. The Hall–Kier alpha value is -0.850. The van der Waals surface area contributed by atoms with Gasteiger partial charge in [-0.1, -0.05) is 264 Å². The van der Waals surface area contributed by atoms with Crippen molar-refractivity contribution in [2.45, 2.75) is 326 Å². The van der Waals surface area contributed by atoms with E-state index >= 15 is 0 Å². The molecule has 7 N–H and O–H groups in total. The zero-order valence-electron chi connectivity index (χ0n) is 41.9. The Labute approximate surface area is 394 Å². The van der Waals surface area contributed by atoms with Gasteiger partial charge in [0.1, 0.15) is 30.5 Å². The summed E-state index contributed by atoms with van der Waals surface area (Å²) in [7, 11) is 0. The van der Waals surface area contributed by atoms with E-state index in [9.17, 15) is 35.4 Å². The first kappa shape index (κ1) is 61.2. The molecule has 0 spiro atoms. The molecule has 0 radical (unpaired) electrons. The standard InChI is InChI=1S/C54H107NO9/c1-3-5-7-9-11-13-15-17-19-20-21-22-23-24-25-26-27-29-31-33-35-37-39-41-43-48(58)53(62)55-46(45-63-54-52(61)51(60)50(59)49(44-56)64-54)47(57)42-40-38-36-34-32-30-28-18-16-14-12-10-8-6-4-2/h46-52,54,56-61H,3-45H2,1-2H3,(H,55,62). The number of amides is 1. The quantitative estimate of drug-likeness (QED) is 0.0294. The number of aliphatic hydroxyl groups excluding tert-OH is 6. The normalized spacial score (nSPS) is 20.4. The maximum Gasteiger partial charge on any atom is 0.249 e. The first-order valence-electron chi connectivity index (χ1n) is 27.8. The largest absolute Gasteiger partial charge is 0.394 e. The van der Waals surface area contributed by atoms with Crippen LogP contribution in [0.15, 0.2) is 0 Å². The van der Waals surface area contributed by atoms with E-state index in [4.69, 9.17) is 9.47 Å². The topological polar surface area (TPSA) is 169 Å². The van der Waals surface area contributed by atoms with Gasteiger partial charge in [-0.15, -0.1) is 0 Å². The van der Waals surface area contributed by atoms with Gasteiger partial charge in [-0.2, -0.15) is 0 Å². The minimum absolute atomic E-state index is 0.249. The first-order chi connectivity index (χ1) is 31.3. The van der Waals surface area contributed by atoms with E-state index in [0.717, 1.165) is 38.5 Å². The van der Waals surface area contributed by atoms with Crippen molar-refractivity contribution in [1.82, 2.24) is 5.32 Å². The van der Waals surface area contributed by atoms with Crippen molar-refractivity contribution in [2.75, 3.05) is 13.2 Å². The Morgan fingerprint density at radius 1 is 0.469 bits per heavy atom. The number of ether oxygens (including phenoxy) is 2. The fraction of sp³-hybridized carbons (Fsp3) is 0.981. The zero-order chi connectivity index (χ0) is 46.7.